The number of benzene rings is 1. The third kappa shape index (κ3) is 1.96. The standard InChI is InChI=1S/C8H8ClF2NO/c9-7-5(10)2-1-4(8(7)11)6(13)3-12/h1-2,6,13H,3,12H2/t6-/m1/s1. The summed E-state index contributed by atoms with van der Waals surface area (Å²) in [6.45, 7) is -0.140. The van der Waals surface area contributed by atoms with E-state index in [4.69, 9.17) is 17.3 Å². The fourth-order valence-corrected chi connectivity index (χ4v) is 1.10. The van der Waals surface area contributed by atoms with E-state index in [-0.39, 0.29) is 12.1 Å². The van der Waals surface area contributed by atoms with Crippen LogP contribution in [0.1, 0.15) is 11.7 Å². The Bertz CT molecular complexity index is 319. The Labute approximate surface area is 78.9 Å². The van der Waals surface area contributed by atoms with Gasteiger partial charge in [-0.3, -0.25) is 0 Å². The third-order valence-corrected chi connectivity index (χ3v) is 1.99. The summed E-state index contributed by atoms with van der Waals surface area (Å²) < 4.78 is 25.8. The molecule has 0 unspecified atom stereocenters. The molecule has 0 radical (unpaired) electrons. The lowest BCUT2D eigenvalue weighted by molar-refractivity contribution is 0.181. The second kappa shape index (κ2) is 4.00. The van der Waals surface area contributed by atoms with Gasteiger partial charge in [0, 0.05) is 12.1 Å². The average molecular weight is 208 g/mol. The van der Waals surface area contributed by atoms with Crippen molar-refractivity contribution in [3.8, 4) is 0 Å². The number of hydrogen-bond donors (Lipinski definition) is 2. The summed E-state index contributed by atoms with van der Waals surface area (Å²) in [5, 5.41) is 8.56. The molecule has 5 heteroatoms. The summed E-state index contributed by atoms with van der Waals surface area (Å²) in [6, 6.07) is 2.10. The molecular weight excluding hydrogens is 200 g/mol. The largest absolute Gasteiger partial charge is 0.387 e. The van der Waals surface area contributed by atoms with E-state index in [1.807, 2.05) is 0 Å². The fourth-order valence-electron chi connectivity index (χ4n) is 0.925. The second-order valence-corrected chi connectivity index (χ2v) is 2.89. The quantitative estimate of drug-likeness (QED) is 0.724. The molecule has 3 N–H and O–H groups in total. The van der Waals surface area contributed by atoms with E-state index in [9.17, 15) is 13.9 Å². The van der Waals surface area contributed by atoms with Crippen molar-refractivity contribution < 1.29 is 13.9 Å². The molecule has 0 fully saturated rings. The molecule has 13 heavy (non-hydrogen) atoms. The third-order valence-electron chi connectivity index (χ3n) is 1.65. The zero-order chi connectivity index (χ0) is 10.0. The molecule has 0 amide bonds. The normalized spacial score (nSPS) is 13.0. The molecule has 1 aromatic rings. The highest BCUT2D eigenvalue weighted by atomic mass is 35.5. The van der Waals surface area contributed by atoms with Crippen molar-refractivity contribution in [1.82, 2.24) is 0 Å². The van der Waals surface area contributed by atoms with E-state index in [2.05, 4.69) is 0 Å². The summed E-state index contributed by atoms with van der Waals surface area (Å²) in [5.74, 6) is -1.81. The molecule has 0 aliphatic rings. The lowest BCUT2D eigenvalue weighted by Gasteiger charge is -2.09. The number of rotatable bonds is 2. The highest BCUT2D eigenvalue weighted by molar-refractivity contribution is 6.30. The lowest BCUT2D eigenvalue weighted by Crippen LogP contribution is -2.13. The zero-order valence-corrected chi connectivity index (χ0v) is 7.35. The first-order chi connectivity index (χ1) is 6.07. The second-order valence-electron chi connectivity index (χ2n) is 2.52. The maximum Gasteiger partial charge on any atom is 0.150 e. The molecular formula is C8H8ClF2NO. The van der Waals surface area contributed by atoms with Gasteiger partial charge < -0.3 is 10.8 Å². The van der Waals surface area contributed by atoms with Crippen molar-refractivity contribution in [2.45, 2.75) is 6.10 Å². The van der Waals surface area contributed by atoms with Crippen LogP contribution in [0.3, 0.4) is 0 Å². The minimum Gasteiger partial charge on any atom is -0.387 e. The molecule has 1 atom stereocenters. The first-order valence-electron chi connectivity index (χ1n) is 3.59. The average Bonchev–Trinajstić information content (AvgIpc) is 2.13. The van der Waals surface area contributed by atoms with Crippen molar-refractivity contribution in [3.63, 3.8) is 0 Å². The number of halogens is 3. The summed E-state index contributed by atoms with van der Waals surface area (Å²) in [6.07, 6.45) is -1.15. The Hall–Kier alpha value is -0.710. The molecule has 0 spiro atoms. The van der Waals surface area contributed by atoms with Crippen LogP contribution in [0.15, 0.2) is 12.1 Å². The van der Waals surface area contributed by atoms with Gasteiger partial charge in [-0.05, 0) is 6.07 Å². The van der Waals surface area contributed by atoms with E-state index in [0.717, 1.165) is 12.1 Å². The lowest BCUT2D eigenvalue weighted by atomic mass is 10.1. The van der Waals surface area contributed by atoms with Crippen LogP contribution in [0.2, 0.25) is 5.02 Å². The molecule has 0 saturated heterocycles. The molecule has 0 saturated carbocycles. The van der Waals surface area contributed by atoms with Gasteiger partial charge >= 0.3 is 0 Å². The number of aliphatic hydroxyl groups excluding tert-OH is 1. The molecule has 2 nitrogen and oxygen atoms in total. The van der Waals surface area contributed by atoms with Crippen LogP contribution in [-0.2, 0) is 0 Å². The first-order valence-corrected chi connectivity index (χ1v) is 3.97. The van der Waals surface area contributed by atoms with E-state index in [1.165, 1.54) is 0 Å². The predicted octanol–water partition coefficient (Wildman–Crippen LogP) is 1.61. The molecule has 1 rings (SSSR count). The Morgan fingerprint density at radius 1 is 1.46 bits per heavy atom. The first kappa shape index (κ1) is 10.4. The van der Waals surface area contributed by atoms with E-state index in [0.29, 0.717) is 0 Å². The van der Waals surface area contributed by atoms with Crippen LogP contribution in [0, 0.1) is 11.6 Å². The van der Waals surface area contributed by atoms with Crippen molar-refractivity contribution in [1.29, 1.82) is 0 Å². The minimum atomic E-state index is -1.15. The number of nitrogens with two attached hydrogens (primary N) is 1. The monoisotopic (exact) mass is 207 g/mol. The van der Waals surface area contributed by atoms with Crippen molar-refractivity contribution in [2.75, 3.05) is 6.54 Å². The van der Waals surface area contributed by atoms with Crippen LogP contribution in [0.4, 0.5) is 8.78 Å². The fraction of sp³-hybridized carbons (Fsp3) is 0.250. The summed E-state index contributed by atoms with van der Waals surface area (Å²) in [4.78, 5) is 0. The van der Waals surface area contributed by atoms with Crippen LogP contribution >= 0.6 is 11.6 Å². The smallest absolute Gasteiger partial charge is 0.150 e. The van der Waals surface area contributed by atoms with Gasteiger partial charge in [-0.1, -0.05) is 17.7 Å². The van der Waals surface area contributed by atoms with Gasteiger partial charge in [0.1, 0.15) is 10.8 Å². The molecule has 1 aromatic carbocycles. The molecule has 0 aromatic heterocycles. The Morgan fingerprint density at radius 3 is 2.62 bits per heavy atom. The maximum atomic E-state index is 13.1. The highest BCUT2D eigenvalue weighted by Crippen LogP contribution is 2.25. The number of hydrogen-bond acceptors (Lipinski definition) is 2. The predicted molar refractivity (Wildman–Crippen MR) is 45.4 cm³/mol. The topological polar surface area (TPSA) is 46.2 Å². The van der Waals surface area contributed by atoms with Gasteiger partial charge in [0.25, 0.3) is 0 Å². The SMILES string of the molecule is NC[C@@H](O)c1ccc(F)c(Cl)c1F. The Morgan fingerprint density at radius 2 is 2.08 bits per heavy atom. The van der Waals surface area contributed by atoms with Crippen molar-refractivity contribution in [2.24, 2.45) is 5.73 Å². The molecule has 0 aliphatic heterocycles. The van der Waals surface area contributed by atoms with E-state index in [1.54, 1.807) is 0 Å². The number of aliphatic hydroxyl groups is 1. The Balaban J connectivity index is 3.18. The van der Waals surface area contributed by atoms with Crippen LogP contribution in [0.5, 0.6) is 0 Å². The van der Waals surface area contributed by atoms with Gasteiger partial charge in [0.15, 0.2) is 5.82 Å². The van der Waals surface area contributed by atoms with Crippen molar-refractivity contribution >= 4 is 11.6 Å². The Kier molecular flexibility index (Phi) is 3.19. The molecule has 0 heterocycles. The maximum absolute atomic E-state index is 13.1. The van der Waals surface area contributed by atoms with Crippen LogP contribution in [-0.4, -0.2) is 11.7 Å². The van der Waals surface area contributed by atoms with Crippen molar-refractivity contribution in [3.05, 3.63) is 34.4 Å². The summed E-state index contributed by atoms with van der Waals surface area (Å²) in [7, 11) is 0. The zero-order valence-electron chi connectivity index (χ0n) is 6.60. The van der Waals surface area contributed by atoms with Crippen LogP contribution < -0.4 is 5.73 Å². The molecule has 0 aliphatic carbocycles. The summed E-state index contributed by atoms with van der Waals surface area (Å²) >= 11 is 5.28. The minimum absolute atomic E-state index is 0.0890. The van der Waals surface area contributed by atoms with Gasteiger partial charge in [0.2, 0.25) is 0 Å². The van der Waals surface area contributed by atoms with Gasteiger partial charge in [-0.2, -0.15) is 0 Å². The van der Waals surface area contributed by atoms with E-state index >= 15 is 0 Å². The highest BCUT2D eigenvalue weighted by Gasteiger charge is 2.16. The molecule has 72 valence electrons. The van der Waals surface area contributed by atoms with E-state index < -0.39 is 22.8 Å². The van der Waals surface area contributed by atoms with Gasteiger partial charge in [-0.15, -0.1) is 0 Å². The van der Waals surface area contributed by atoms with Crippen LogP contribution in [0.25, 0.3) is 0 Å². The van der Waals surface area contributed by atoms with Gasteiger partial charge in [0.05, 0.1) is 6.10 Å². The molecule has 0 bridgehead atoms. The van der Waals surface area contributed by atoms with Gasteiger partial charge in [-0.25, -0.2) is 8.78 Å². The summed E-state index contributed by atoms with van der Waals surface area (Å²) in [5.41, 5.74) is 5.02.